The van der Waals surface area contributed by atoms with E-state index in [1.54, 1.807) is 12.1 Å². The van der Waals surface area contributed by atoms with Crippen molar-refractivity contribution in [3.63, 3.8) is 0 Å². The smallest absolute Gasteiger partial charge is 0.315 e. The van der Waals surface area contributed by atoms with Gasteiger partial charge in [0.15, 0.2) is 0 Å². The first-order valence-corrected chi connectivity index (χ1v) is 7.61. The fourth-order valence-electron chi connectivity index (χ4n) is 2.79. The predicted molar refractivity (Wildman–Crippen MR) is 79.5 cm³/mol. The molecule has 4 nitrogen and oxygen atoms in total. The van der Waals surface area contributed by atoms with Gasteiger partial charge in [-0.15, -0.1) is 0 Å². The summed E-state index contributed by atoms with van der Waals surface area (Å²) >= 11 is 0. The highest BCUT2D eigenvalue weighted by molar-refractivity contribution is 5.74. The Balaban J connectivity index is 1.91. The predicted octanol–water partition coefficient (Wildman–Crippen LogP) is 2.66. The third-order valence-electron chi connectivity index (χ3n) is 3.84. The molecule has 116 valence electrons. The number of urea groups is 1. The largest absolute Gasteiger partial charge is 0.391 e. The molecule has 2 atom stereocenters. The lowest BCUT2D eigenvalue weighted by atomic mass is 9.88. The Kier molecular flexibility index (Phi) is 5.56. The third kappa shape index (κ3) is 4.43. The van der Waals surface area contributed by atoms with Crippen LogP contribution in [0.4, 0.5) is 9.18 Å². The lowest BCUT2D eigenvalue weighted by molar-refractivity contribution is 0.159. The highest BCUT2D eigenvalue weighted by atomic mass is 19.1. The summed E-state index contributed by atoms with van der Waals surface area (Å²) in [4.78, 5) is 11.9. The molecule has 3 N–H and O–H groups in total. The fourth-order valence-corrected chi connectivity index (χ4v) is 2.79. The van der Waals surface area contributed by atoms with E-state index in [9.17, 15) is 14.3 Å². The van der Waals surface area contributed by atoms with Gasteiger partial charge in [0.1, 0.15) is 5.82 Å². The number of nitrogens with one attached hydrogen (secondary N) is 2. The summed E-state index contributed by atoms with van der Waals surface area (Å²) in [6.45, 7) is 2.24. The lowest BCUT2D eigenvalue weighted by Gasteiger charge is -2.26. The summed E-state index contributed by atoms with van der Waals surface area (Å²) in [5.41, 5.74) is 1.96. The molecule has 0 saturated heterocycles. The minimum atomic E-state index is -0.506. The van der Waals surface area contributed by atoms with Gasteiger partial charge in [0.2, 0.25) is 0 Å². The molecule has 1 aliphatic carbocycles. The van der Waals surface area contributed by atoms with Crippen LogP contribution in [-0.2, 0) is 6.42 Å². The van der Waals surface area contributed by atoms with Crippen LogP contribution in [0.15, 0.2) is 18.2 Å². The molecule has 2 unspecified atom stereocenters. The molecule has 0 radical (unpaired) electrons. The number of carbonyl (C=O) groups excluding carboxylic acids is 1. The van der Waals surface area contributed by atoms with Crippen LogP contribution in [0.25, 0.3) is 0 Å². The number of aryl methyl sites for hydroxylation is 1. The fraction of sp³-hybridized carbons (Fsp3) is 0.562. The maximum atomic E-state index is 13.2. The van der Waals surface area contributed by atoms with Crippen molar-refractivity contribution in [2.45, 2.75) is 51.2 Å². The van der Waals surface area contributed by atoms with Crippen LogP contribution >= 0.6 is 0 Å². The van der Waals surface area contributed by atoms with Crippen LogP contribution in [0, 0.1) is 5.82 Å². The molecule has 0 aliphatic heterocycles. The van der Waals surface area contributed by atoms with Gasteiger partial charge in [-0.1, -0.05) is 19.4 Å². The maximum Gasteiger partial charge on any atom is 0.315 e. The highest BCUT2D eigenvalue weighted by Gasteiger charge is 2.22. The Morgan fingerprint density at radius 1 is 1.52 bits per heavy atom. The number of fused-ring (bicyclic) bond motifs is 1. The first-order chi connectivity index (χ1) is 10.1. The van der Waals surface area contributed by atoms with Crippen molar-refractivity contribution in [3.05, 3.63) is 35.1 Å². The van der Waals surface area contributed by atoms with Crippen LogP contribution in [-0.4, -0.2) is 23.8 Å². The quantitative estimate of drug-likeness (QED) is 0.782. The normalized spacial score (nSPS) is 18.7. The summed E-state index contributed by atoms with van der Waals surface area (Å²) in [7, 11) is 0. The van der Waals surface area contributed by atoms with E-state index >= 15 is 0 Å². The molecule has 0 aromatic heterocycles. The zero-order valence-electron chi connectivity index (χ0n) is 12.4. The minimum absolute atomic E-state index is 0.0855. The molecule has 21 heavy (non-hydrogen) atoms. The average Bonchev–Trinajstić information content (AvgIpc) is 2.45. The number of aliphatic hydroxyl groups excluding tert-OH is 1. The average molecular weight is 294 g/mol. The highest BCUT2D eigenvalue weighted by Crippen LogP contribution is 2.30. The van der Waals surface area contributed by atoms with E-state index in [2.05, 4.69) is 10.6 Å². The number of hydrogen-bond donors (Lipinski definition) is 3. The number of aliphatic hydroxyl groups is 1. The number of benzene rings is 1. The molecule has 0 fully saturated rings. The van der Waals surface area contributed by atoms with Crippen molar-refractivity contribution < 1.29 is 14.3 Å². The second kappa shape index (κ2) is 7.41. The van der Waals surface area contributed by atoms with Crippen LogP contribution in [0.2, 0.25) is 0 Å². The van der Waals surface area contributed by atoms with Gasteiger partial charge in [-0.25, -0.2) is 9.18 Å². The molecule has 1 aliphatic rings. The van der Waals surface area contributed by atoms with Gasteiger partial charge in [-0.3, -0.25) is 0 Å². The molecule has 1 aromatic rings. The second-order valence-electron chi connectivity index (χ2n) is 5.58. The third-order valence-corrected chi connectivity index (χ3v) is 3.84. The van der Waals surface area contributed by atoms with Crippen molar-refractivity contribution in [2.24, 2.45) is 0 Å². The Morgan fingerprint density at radius 2 is 2.33 bits per heavy atom. The number of hydrogen-bond acceptors (Lipinski definition) is 2. The van der Waals surface area contributed by atoms with Crippen LogP contribution in [0.1, 0.15) is 49.8 Å². The summed E-state index contributed by atoms with van der Waals surface area (Å²) < 4.78 is 13.2. The first-order valence-electron chi connectivity index (χ1n) is 7.61. The Labute approximate surface area is 124 Å². The number of carbonyl (C=O) groups is 1. The van der Waals surface area contributed by atoms with E-state index in [0.717, 1.165) is 36.8 Å². The van der Waals surface area contributed by atoms with Gasteiger partial charge < -0.3 is 15.7 Å². The van der Waals surface area contributed by atoms with E-state index in [4.69, 9.17) is 0 Å². The molecule has 2 amide bonds. The topological polar surface area (TPSA) is 61.4 Å². The Hall–Kier alpha value is -1.62. The summed E-state index contributed by atoms with van der Waals surface area (Å²) in [6.07, 6.45) is 3.68. The summed E-state index contributed by atoms with van der Waals surface area (Å²) in [6, 6.07) is 4.36. The maximum absolute atomic E-state index is 13.2. The van der Waals surface area contributed by atoms with Crippen molar-refractivity contribution in [1.29, 1.82) is 0 Å². The van der Waals surface area contributed by atoms with Crippen LogP contribution < -0.4 is 10.6 Å². The molecule has 0 bridgehead atoms. The second-order valence-corrected chi connectivity index (χ2v) is 5.58. The first kappa shape index (κ1) is 15.8. The molecule has 1 aromatic carbocycles. The zero-order valence-corrected chi connectivity index (χ0v) is 12.4. The van der Waals surface area contributed by atoms with Gasteiger partial charge in [-0.2, -0.15) is 0 Å². The van der Waals surface area contributed by atoms with E-state index in [1.165, 1.54) is 6.07 Å². The Morgan fingerprint density at radius 3 is 3.10 bits per heavy atom. The molecule has 2 rings (SSSR count). The number of amides is 2. The molecular formula is C16H23FN2O2. The van der Waals surface area contributed by atoms with Gasteiger partial charge in [0, 0.05) is 6.54 Å². The zero-order chi connectivity index (χ0) is 15.2. The summed E-state index contributed by atoms with van der Waals surface area (Å²) in [5.74, 6) is -0.235. The molecule has 0 heterocycles. The van der Waals surface area contributed by atoms with Gasteiger partial charge in [-0.05, 0) is 48.9 Å². The van der Waals surface area contributed by atoms with E-state index < -0.39 is 6.10 Å². The van der Waals surface area contributed by atoms with Gasteiger partial charge in [0.25, 0.3) is 0 Å². The summed E-state index contributed by atoms with van der Waals surface area (Å²) in [5, 5.41) is 15.2. The van der Waals surface area contributed by atoms with Gasteiger partial charge >= 0.3 is 6.03 Å². The van der Waals surface area contributed by atoms with E-state index in [-0.39, 0.29) is 24.4 Å². The lowest BCUT2D eigenvalue weighted by Crippen LogP contribution is -2.42. The molecule has 0 saturated carbocycles. The number of rotatable bonds is 5. The van der Waals surface area contributed by atoms with Crippen LogP contribution in [0.5, 0.6) is 0 Å². The van der Waals surface area contributed by atoms with E-state index in [0.29, 0.717) is 6.42 Å². The molecule has 5 heteroatoms. The minimum Gasteiger partial charge on any atom is -0.391 e. The molecule has 0 spiro atoms. The van der Waals surface area contributed by atoms with E-state index in [1.807, 2.05) is 6.92 Å². The van der Waals surface area contributed by atoms with Crippen molar-refractivity contribution in [3.8, 4) is 0 Å². The molecular weight excluding hydrogens is 271 g/mol. The standard InChI is InChI=1S/C16H23FN2O2/c1-2-4-13(20)10-18-16(21)19-15-6-3-5-11-9-12(17)7-8-14(11)15/h7-9,13,15,20H,2-6,10H2,1H3,(H2,18,19,21). The van der Waals surface area contributed by atoms with Crippen LogP contribution in [0.3, 0.4) is 0 Å². The monoisotopic (exact) mass is 294 g/mol. The van der Waals surface area contributed by atoms with Crippen molar-refractivity contribution in [1.82, 2.24) is 10.6 Å². The van der Waals surface area contributed by atoms with Gasteiger partial charge in [0.05, 0.1) is 12.1 Å². The number of halogens is 1. The SMILES string of the molecule is CCCC(O)CNC(=O)NC1CCCc2cc(F)ccc21. The Bertz CT molecular complexity index is 493. The van der Waals surface area contributed by atoms with Crippen molar-refractivity contribution in [2.75, 3.05) is 6.54 Å². The van der Waals surface area contributed by atoms with Crippen molar-refractivity contribution >= 4 is 6.03 Å².